The normalized spacial score (nSPS) is 16.4. The number of carboxylic acids is 1. The maximum atomic E-state index is 12.1. The molecule has 5 heteroatoms. The fourth-order valence-corrected chi connectivity index (χ4v) is 4.60. The monoisotopic (exact) mass is 393 g/mol. The third kappa shape index (κ3) is 3.86. The van der Waals surface area contributed by atoms with Gasteiger partial charge in [0.2, 0.25) is 0 Å². The van der Waals surface area contributed by atoms with E-state index in [4.69, 9.17) is 4.74 Å². The van der Waals surface area contributed by atoms with E-state index in [0.717, 1.165) is 32.1 Å². The van der Waals surface area contributed by atoms with Gasteiger partial charge in [0.25, 0.3) is 0 Å². The second-order valence-corrected chi connectivity index (χ2v) is 8.15. The molecule has 0 radical (unpaired) electrons. The lowest BCUT2D eigenvalue weighted by atomic mass is 9.66. The highest BCUT2D eigenvalue weighted by molar-refractivity contribution is 5.79. The van der Waals surface area contributed by atoms with Crippen LogP contribution >= 0.6 is 0 Å². The highest BCUT2D eigenvalue weighted by Gasteiger charge is 2.43. The number of hydrogen-bond acceptors (Lipinski definition) is 3. The Balaban J connectivity index is 1.24. The Morgan fingerprint density at radius 2 is 1.62 bits per heavy atom. The van der Waals surface area contributed by atoms with Crippen LogP contribution in [0.5, 0.6) is 0 Å². The first-order chi connectivity index (χ1) is 14.1. The van der Waals surface area contributed by atoms with Crippen LogP contribution in [0.4, 0.5) is 4.79 Å². The standard InChI is InChI=1S/C24H27NO4/c26-22(27)24(13-7-14-24)12-5-6-15-25-23(28)29-16-21-19-10-3-1-8-17(19)18-9-2-4-11-20(18)21/h1-4,8-11,21H,5-7,12-16H2,(H,25,28)(H,26,27). The van der Waals surface area contributed by atoms with Gasteiger partial charge in [-0.1, -0.05) is 61.4 Å². The van der Waals surface area contributed by atoms with E-state index < -0.39 is 17.5 Å². The molecule has 4 rings (SSSR count). The van der Waals surface area contributed by atoms with Crippen molar-refractivity contribution < 1.29 is 19.4 Å². The molecular weight excluding hydrogens is 366 g/mol. The first-order valence-electron chi connectivity index (χ1n) is 10.4. The average Bonchev–Trinajstić information content (AvgIpc) is 3.01. The van der Waals surface area contributed by atoms with Gasteiger partial charge in [-0.15, -0.1) is 0 Å². The number of unbranched alkanes of at least 4 members (excludes halogenated alkanes) is 1. The SMILES string of the molecule is O=C(NCCCCC1(C(=O)O)CCC1)OCC1c2ccccc2-c2ccccc21. The van der Waals surface area contributed by atoms with E-state index in [-0.39, 0.29) is 5.92 Å². The molecule has 0 saturated heterocycles. The van der Waals surface area contributed by atoms with Gasteiger partial charge in [-0.3, -0.25) is 4.79 Å². The summed E-state index contributed by atoms with van der Waals surface area (Å²) in [7, 11) is 0. The van der Waals surface area contributed by atoms with Gasteiger partial charge in [-0.25, -0.2) is 4.79 Å². The van der Waals surface area contributed by atoms with Crippen LogP contribution in [0.25, 0.3) is 11.1 Å². The molecule has 0 atom stereocenters. The molecule has 0 heterocycles. The Morgan fingerprint density at radius 3 is 2.17 bits per heavy atom. The Labute approximate surface area is 171 Å². The first kappa shape index (κ1) is 19.5. The number of amides is 1. The summed E-state index contributed by atoms with van der Waals surface area (Å²) in [6.45, 7) is 0.814. The zero-order chi connectivity index (χ0) is 20.3. The second-order valence-electron chi connectivity index (χ2n) is 8.15. The average molecular weight is 393 g/mol. The van der Waals surface area contributed by atoms with Gasteiger partial charge in [0.15, 0.2) is 0 Å². The smallest absolute Gasteiger partial charge is 0.407 e. The van der Waals surface area contributed by atoms with Crippen molar-refractivity contribution in [2.24, 2.45) is 5.41 Å². The van der Waals surface area contributed by atoms with Crippen molar-refractivity contribution in [3.05, 3.63) is 59.7 Å². The van der Waals surface area contributed by atoms with Crippen molar-refractivity contribution >= 4 is 12.1 Å². The number of nitrogens with one attached hydrogen (secondary N) is 1. The fraction of sp³-hybridized carbons (Fsp3) is 0.417. The maximum absolute atomic E-state index is 12.1. The Morgan fingerprint density at radius 1 is 1.00 bits per heavy atom. The predicted octanol–water partition coefficient (Wildman–Crippen LogP) is 4.95. The van der Waals surface area contributed by atoms with Crippen LogP contribution in [0.1, 0.15) is 55.6 Å². The van der Waals surface area contributed by atoms with Crippen LogP contribution in [-0.2, 0) is 9.53 Å². The quantitative estimate of drug-likeness (QED) is 0.622. The van der Waals surface area contributed by atoms with Crippen LogP contribution in [0.3, 0.4) is 0 Å². The number of alkyl carbamates (subject to hydrolysis) is 1. The Hall–Kier alpha value is -2.82. The molecule has 2 aromatic rings. The molecule has 0 bridgehead atoms. The van der Waals surface area contributed by atoms with E-state index in [1.165, 1.54) is 22.3 Å². The molecule has 1 fully saturated rings. The van der Waals surface area contributed by atoms with Gasteiger partial charge in [0, 0.05) is 12.5 Å². The van der Waals surface area contributed by atoms with Crippen LogP contribution in [0.2, 0.25) is 0 Å². The number of ether oxygens (including phenoxy) is 1. The summed E-state index contributed by atoms with van der Waals surface area (Å²) in [4.78, 5) is 23.5. The second kappa shape index (κ2) is 8.27. The number of hydrogen-bond donors (Lipinski definition) is 2. The predicted molar refractivity (Wildman–Crippen MR) is 111 cm³/mol. The minimum atomic E-state index is -0.673. The summed E-state index contributed by atoms with van der Waals surface area (Å²) in [5.41, 5.74) is 4.30. The minimum absolute atomic E-state index is 0.0576. The molecule has 29 heavy (non-hydrogen) atoms. The molecule has 2 aromatic carbocycles. The molecule has 2 aliphatic rings. The highest BCUT2D eigenvalue weighted by Crippen LogP contribution is 2.45. The van der Waals surface area contributed by atoms with E-state index in [9.17, 15) is 14.7 Å². The van der Waals surface area contributed by atoms with Gasteiger partial charge in [0.05, 0.1) is 5.41 Å². The van der Waals surface area contributed by atoms with Crippen molar-refractivity contribution in [1.82, 2.24) is 5.32 Å². The number of fused-ring (bicyclic) bond motifs is 3. The topological polar surface area (TPSA) is 75.6 Å². The van der Waals surface area contributed by atoms with Crippen LogP contribution < -0.4 is 5.32 Å². The molecule has 2 aliphatic carbocycles. The van der Waals surface area contributed by atoms with E-state index in [1.54, 1.807) is 0 Å². The van der Waals surface area contributed by atoms with Crippen molar-refractivity contribution in [2.45, 2.75) is 44.4 Å². The van der Waals surface area contributed by atoms with Gasteiger partial charge >= 0.3 is 12.1 Å². The van der Waals surface area contributed by atoms with Crippen LogP contribution in [-0.4, -0.2) is 30.3 Å². The van der Waals surface area contributed by atoms with E-state index in [2.05, 4.69) is 29.6 Å². The Kier molecular flexibility index (Phi) is 5.56. The maximum Gasteiger partial charge on any atom is 0.407 e. The van der Waals surface area contributed by atoms with E-state index >= 15 is 0 Å². The molecular formula is C24H27NO4. The molecule has 0 aromatic heterocycles. The highest BCUT2D eigenvalue weighted by atomic mass is 16.5. The zero-order valence-corrected chi connectivity index (χ0v) is 16.5. The number of rotatable bonds is 8. The number of aliphatic carboxylic acids is 1. The lowest BCUT2D eigenvalue weighted by Gasteiger charge is -2.37. The van der Waals surface area contributed by atoms with Crippen molar-refractivity contribution in [1.29, 1.82) is 0 Å². The fourth-order valence-electron chi connectivity index (χ4n) is 4.60. The lowest BCUT2D eigenvalue weighted by Crippen LogP contribution is -2.38. The third-order valence-electron chi connectivity index (χ3n) is 6.46. The number of carbonyl (C=O) groups excluding carboxylic acids is 1. The summed E-state index contributed by atoms with van der Waals surface area (Å²) in [5.74, 6) is -0.615. The largest absolute Gasteiger partial charge is 0.481 e. The third-order valence-corrected chi connectivity index (χ3v) is 6.46. The number of benzene rings is 2. The van der Waals surface area contributed by atoms with Gasteiger partial charge in [0.1, 0.15) is 6.61 Å². The van der Waals surface area contributed by atoms with Crippen molar-refractivity contribution in [3.8, 4) is 11.1 Å². The van der Waals surface area contributed by atoms with Crippen LogP contribution in [0, 0.1) is 5.41 Å². The molecule has 0 unspecified atom stereocenters. The molecule has 5 nitrogen and oxygen atoms in total. The summed E-state index contributed by atoms with van der Waals surface area (Å²) < 4.78 is 5.51. The number of carboxylic acid groups (broad SMARTS) is 1. The molecule has 1 saturated carbocycles. The van der Waals surface area contributed by atoms with Gasteiger partial charge in [-0.2, -0.15) is 0 Å². The molecule has 0 aliphatic heterocycles. The van der Waals surface area contributed by atoms with E-state index in [1.807, 2.05) is 24.3 Å². The molecule has 0 spiro atoms. The van der Waals surface area contributed by atoms with E-state index in [0.29, 0.717) is 19.6 Å². The summed E-state index contributed by atoms with van der Waals surface area (Å²) >= 11 is 0. The van der Waals surface area contributed by atoms with Gasteiger partial charge < -0.3 is 15.2 Å². The van der Waals surface area contributed by atoms with Crippen molar-refractivity contribution in [2.75, 3.05) is 13.2 Å². The van der Waals surface area contributed by atoms with Gasteiger partial charge in [-0.05, 0) is 47.9 Å². The number of carbonyl (C=O) groups is 2. The lowest BCUT2D eigenvalue weighted by molar-refractivity contribution is -0.155. The van der Waals surface area contributed by atoms with Crippen LogP contribution in [0.15, 0.2) is 48.5 Å². The molecule has 152 valence electrons. The van der Waals surface area contributed by atoms with Crippen molar-refractivity contribution in [3.63, 3.8) is 0 Å². The summed E-state index contributed by atoms with van der Waals surface area (Å²) in [5, 5.41) is 12.1. The Bertz CT molecular complexity index is 858. The summed E-state index contributed by atoms with van der Waals surface area (Å²) in [6, 6.07) is 16.5. The minimum Gasteiger partial charge on any atom is -0.481 e. The molecule has 1 amide bonds. The zero-order valence-electron chi connectivity index (χ0n) is 16.5. The first-order valence-corrected chi connectivity index (χ1v) is 10.4. The molecule has 2 N–H and O–H groups in total. The summed E-state index contributed by atoms with van der Waals surface area (Å²) in [6.07, 6.45) is 4.40.